The zero-order valence-corrected chi connectivity index (χ0v) is 9.85. The summed E-state index contributed by atoms with van der Waals surface area (Å²) in [4.78, 5) is 15.8. The van der Waals surface area contributed by atoms with Gasteiger partial charge in [-0.1, -0.05) is 0 Å². The number of aryl methyl sites for hydroxylation is 1. The van der Waals surface area contributed by atoms with Gasteiger partial charge in [-0.15, -0.1) is 0 Å². The zero-order chi connectivity index (χ0) is 11.7. The summed E-state index contributed by atoms with van der Waals surface area (Å²) in [5.74, 6) is 0.739. The standard InChI is InChI=1S/C12H18N4O/c17-12(15-10-1-2-10)3-4-16-8-14-7-11(16)9-5-13-6-9/h7-10,13H,1-6H2,(H,15,17). The number of rotatable bonds is 5. The molecule has 5 heteroatoms. The van der Waals surface area contributed by atoms with Crippen LogP contribution in [0.5, 0.6) is 0 Å². The van der Waals surface area contributed by atoms with Gasteiger partial charge in [0.15, 0.2) is 0 Å². The highest BCUT2D eigenvalue weighted by Gasteiger charge is 2.24. The predicted octanol–water partition coefficient (Wildman–Crippen LogP) is 0.239. The minimum atomic E-state index is 0.166. The molecule has 0 unspecified atom stereocenters. The molecule has 17 heavy (non-hydrogen) atoms. The molecule has 1 saturated carbocycles. The summed E-state index contributed by atoms with van der Waals surface area (Å²) in [7, 11) is 0. The Labute approximate surface area is 101 Å². The Morgan fingerprint density at radius 3 is 3.00 bits per heavy atom. The van der Waals surface area contributed by atoms with Crippen LogP contribution >= 0.6 is 0 Å². The molecule has 3 rings (SSSR count). The van der Waals surface area contributed by atoms with E-state index in [4.69, 9.17) is 0 Å². The lowest BCUT2D eigenvalue weighted by Crippen LogP contribution is -2.41. The van der Waals surface area contributed by atoms with Crippen molar-refractivity contribution in [3.05, 3.63) is 18.2 Å². The van der Waals surface area contributed by atoms with Crippen molar-refractivity contribution >= 4 is 5.91 Å². The van der Waals surface area contributed by atoms with Gasteiger partial charge in [-0.25, -0.2) is 4.98 Å². The SMILES string of the molecule is O=C(CCn1cncc1C1CNC1)NC1CC1. The van der Waals surface area contributed by atoms with Crippen LogP contribution in [0.4, 0.5) is 0 Å². The lowest BCUT2D eigenvalue weighted by atomic mass is 10.00. The molecule has 2 N–H and O–H groups in total. The normalized spacial score (nSPS) is 20.0. The Morgan fingerprint density at radius 2 is 2.35 bits per heavy atom. The first-order valence-electron chi connectivity index (χ1n) is 6.33. The van der Waals surface area contributed by atoms with Gasteiger partial charge in [-0.05, 0) is 12.8 Å². The maximum Gasteiger partial charge on any atom is 0.222 e. The van der Waals surface area contributed by atoms with Gasteiger partial charge in [0, 0.05) is 49.9 Å². The van der Waals surface area contributed by atoms with Crippen LogP contribution in [0.15, 0.2) is 12.5 Å². The zero-order valence-electron chi connectivity index (χ0n) is 9.85. The van der Waals surface area contributed by atoms with Crippen molar-refractivity contribution in [1.82, 2.24) is 20.2 Å². The second-order valence-corrected chi connectivity index (χ2v) is 4.96. The van der Waals surface area contributed by atoms with Gasteiger partial charge in [0.25, 0.3) is 0 Å². The summed E-state index contributed by atoms with van der Waals surface area (Å²) < 4.78 is 2.11. The molecule has 0 spiro atoms. The van der Waals surface area contributed by atoms with Crippen LogP contribution in [0.3, 0.4) is 0 Å². The molecule has 1 amide bonds. The van der Waals surface area contributed by atoms with E-state index in [9.17, 15) is 4.79 Å². The van der Waals surface area contributed by atoms with Crippen LogP contribution in [0.2, 0.25) is 0 Å². The Kier molecular flexibility index (Phi) is 2.84. The van der Waals surface area contributed by atoms with Crippen molar-refractivity contribution in [2.75, 3.05) is 13.1 Å². The number of nitrogens with one attached hydrogen (secondary N) is 2. The third-order valence-electron chi connectivity index (χ3n) is 3.47. The van der Waals surface area contributed by atoms with E-state index in [0.29, 0.717) is 18.4 Å². The molecule has 0 bridgehead atoms. The van der Waals surface area contributed by atoms with Crippen LogP contribution in [-0.4, -0.2) is 34.6 Å². The van der Waals surface area contributed by atoms with Crippen molar-refractivity contribution in [3.8, 4) is 0 Å². The number of aromatic nitrogens is 2. The van der Waals surface area contributed by atoms with Crippen LogP contribution in [-0.2, 0) is 11.3 Å². The fourth-order valence-corrected chi connectivity index (χ4v) is 2.11. The van der Waals surface area contributed by atoms with Crippen molar-refractivity contribution in [2.45, 2.75) is 37.8 Å². The number of carbonyl (C=O) groups excluding carboxylic acids is 1. The second-order valence-electron chi connectivity index (χ2n) is 4.96. The highest BCUT2D eigenvalue weighted by molar-refractivity contribution is 5.76. The summed E-state index contributed by atoms with van der Waals surface area (Å²) >= 11 is 0. The van der Waals surface area contributed by atoms with E-state index in [1.807, 2.05) is 12.5 Å². The fraction of sp³-hybridized carbons (Fsp3) is 0.667. The Morgan fingerprint density at radius 1 is 1.53 bits per heavy atom. The summed E-state index contributed by atoms with van der Waals surface area (Å²) in [6.45, 7) is 2.80. The van der Waals surface area contributed by atoms with Crippen LogP contribution in [0.1, 0.15) is 30.9 Å². The summed E-state index contributed by atoms with van der Waals surface area (Å²) in [6, 6.07) is 0.459. The smallest absolute Gasteiger partial charge is 0.222 e. The molecular weight excluding hydrogens is 216 g/mol. The van der Waals surface area contributed by atoms with Crippen LogP contribution in [0.25, 0.3) is 0 Å². The van der Waals surface area contributed by atoms with E-state index in [1.54, 1.807) is 0 Å². The number of hydrogen-bond acceptors (Lipinski definition) is 3. The molecule has 0 aromatic carbocycles. The first-order chi connectivity index (χ1) is 8.33. The van der Waals surface area contributed by atoms with Gasteiger partial charge in [0.05, 0.1) is 6.33 Å². The number of hydrogen-bond donors (Lipinski definition) is 2. The number of amides is 1. The molecule has 2 fully saturated rings. The summed E-state index contributed by atoms with van der Waals surface area (Å²) in [6.07, 6.45) is 6.61. The van der Waals surface area contributed by atoms with E-state index in [-0.39, 0.29) is 5.91 Å². The van der Waals surface area contributed by atoms with Crippen molar-refractivity contribution in [1.29, 1.82) is 0 Å². The minimum absolute atomic E-state index is 0.166. The third-order valence-corrected chi connectivity index (χ3v) is 3.47. The van der Waals surface area contributed by atoms with Crippen LogP contribution in [0, 0.1) is 0 Å². The molecule has 1 aliphatic heterocycles. The number of carbonyl (C=O) groups is 1. The molecule has 1 aromatic heterocycles. The molecular formula is C12H18N4O. The second kappa shape index (κ2) is 4.49. The molecule has 1 aromatic rings. The average molecular weight is 234 g/mol. The largest absolute Gasteiger partial charge is 0.353 e. The molecule has 1 saturated heterocycles. The topological polar surface area (TPSA) is 59.0 Å². The molecule has 5 nitrogen and oxygen atoms in total. The van der Waals surface area contributed by atoms with Crippen molar-refractivity contribution in [3.63, 3.8) is 0 Å². The number of nitrogens with zero attached hydrogens (tertiary/aromatic N) is 2. The van der Waals surface area contributed by atoms with E-state index < -0.39 is 0 Å². The van der Waals surface area contributed by atoms with Crippen LogP contribution < -0.4 is 10.6 Å². The fourth-order valence-electron chi connectivity index (χ4n) is 2.11. The molecule has 0 radical (unpaired) electrons. The van der Waals surface area contributed by atoms with E-state index in [2.05, 4.69) is 20.2 Å². The molecule has 1 aliphatic carbocycles. The quantitative estimate of drug-likeness (QED) is 0.767. The molecule has 0 atom stereocenters. The van der Waals surface area contributed by atoms with Gasteiger partial charge in [-0.3, -0.25) is 4.79 Å². The monoisotopic (exact) mass is 234 g/mol. The van der Waals surface area contributed by atoms with Gasteiger partial charge in [-0.2, -0.15) is 0 Å². The highest BCUT2D eigenvalue weighted by Crippen LogP contribution is 2.20. The number of imidazole rings is 1. The average Bonchev–Trinajstić information content (AvgIpc) is 2.92. The maximum atomic E-state index is 11.6. The van der Waals surface area contributed by atoms with E-state index in [1.165, 1.54) is 5.69 Å². The Bertz CT molecular complexity index is 406. The van der Waals surface area contributed by atoms with Gasteiger partial charge < -0.3 is 15.2 Å². The van der Waals surface area contributed by atoms with E-state index >= 15 is 0 Å². The summed E-state index contributed by atoms with van der Waals surface area (Å²) in [5, 5.41) is 6.26. The van der Waals surface area contributed by atoms with Crippen molar-refractivity contribution < 1.29 is 4.79 Å². The Hall–Kier alpha value is -1.36. The first-order valence-corrected chi connectivity index (χ1v) is 6.33. The van der Waals surface area contributed by atoms with E-state index in [0.717, 1.165) is 32.5 Å². The minimum Gasteiger partial charge on any atom is -0.353 e. The predicted molar refractivity (Wildman–Crippen MR) is 63.6 cm³/mol. The van der Waals surface area contributed by atoms with Gasteiger partial charge >= 0.3 is 0 Å². The molecule has 2 aliphatic rings. The summed E-state index contributed by atoms with van der Waals surface area (Å²) in [5.41, 5.74) is 1.25. The lowest BCUT2D eigenvalue weighted by molar-refractivity contribution is -0.121. The first kappa shape index (κ1) is 10.8. The Balaban J connectivity index is 1.53. The van der Waals surface area contributed by atoms with Crippen molar-refractivity contribution in [2.24, 2.45) is 0 Å². The maximum absolute atomic E-state index is 11.6. The molecule has 2 heterocycles. The third kappa shape index (κ3) is 2.49. The molecule has 92 valence electrons. The highest BCUT2D eigenvalue weighted by atomic mass is 16.1. The van der Waals surface area contributed by atoms with Gasteiger partial charge in [0.1, 0.15) is 0 Å². The van der Waals surface area contributed by atoms with Gasteiger partial charge in [0.2, 0.25) is 5.91 Å². The lowest BCUT2D eigenvalue weighted by Gasteiger charge is -2.27.